The Kier molecular flexibility index (Phi) is 3.50. The van der Waals surface area contributed by atoms with Gasteiger partial charge in [-0.25, -0.2) is 4.98 Å². The smallest absolute Gasteiger partial charge is 0.133 e. The van der Waals surface area contributed by atoms with Crippen LogP contribution in [0.15, 0.2) is 12.1 Å². The van der Waals surface area contributed by atoms with Gasteiger partial charge in [-0.05, 0) is 24.1 Å². The lowest BCUT2D eigenvalue weighted by Gasteiger charge is -2.08. The van der Waals surface area contributed by atoms with Gasteiger partial charge in [0.15, 0.2) is 0 Å². The van der Waals surface area contributed by atoms with Crippen LogP contribution in [0.1, 0.15) is 12.5 Å². The second kappa shape index (κ2) is 4.58. The molecule has 0 aliphatic heterocycles. The second-order valence-electron chi connectivity index (χ2n) is 3.34. The fourth-order valence-corrected chi connectivity index (χ4v) is 2.49. The van der Waals surface area contributed by atoms with Crippen LogP contribution in [-0.2, 0) is 6.42 Å². The molecule has 0 atom stereocenters. The summed E-state index contributed by atoms with van der Waals surface area (Å²) < 4.78 is 0. The molecule has 1 heterocycles. The van der Waals surface area contributed by atoms with Crippen molar-refractivity contribution in [2.75, 3.05) is 0 Å². The first-order valence-electron chi connectivity index (χ1n) is 4.67. The molecule has 0 N–H and O–H groups in total. The minimum absolute atomic E-state index is 0.422. The van der Waals surface area contributed by atoms with E-state index in [9.17, 15) is 0 Å². The molecule has 0 saturated carbocycles. The Morgan fingerprint density at radius 3 is 2.38 bits per heavy atom. The first kappa shape index (κ1) is 12.3. The predicted molar refractivity (Wildman–Crippen MR) is 71.2 cm³/mol. The number of hydrogen-bond donors (Lipinski definition) is 0. The molecule has 0 aliphatic rings. The van der Waals surface area contributed by atoms with Crippen LogP contribution in [-0.4, -0.2) is 4.98 Å². The largest absolute Gasteiger partial charge is 0.234 e. The maximum absolute atomic E-state index is 6.11. The molecule has 1 nitrogen and oxygen atoms in total. The molecule has 5 heteroatoms. The molecule has 0 saturated heterocycles. The fraction of sp³-hybridized carbons (Fsp3) is 0.182. The summed E-state index contributed by atoms with van der Waals surface area (Å²) in [5.41, 5.74) is 1.51. The second-order valence-corrected chi connectivity index (χ2v) is 4.89. The van der Waals surface area contributed by atoms with E-state index in [1.165, 1.54) is 0 Å². The van der Waals surface area contributed by atoms with Crippen molar-refractivity contribution in [3.05, 3.63) is 37.9 Å². The summed E-state index contributed by atoms with van der Waals surface area (Å²) in [6.45, 7) is 1.99. The number of nitrogens with zero attached hydrogens (tertiary/aromatic N) is 1. The highest BCUT2D eigenvalue weighted by atomic mass is 35.5. The third-order valence-electron chi connectivity index (χ3n) is 2.36. The van der Waals surface area contributed by atoms with Gasteiger partial charge < -0.3 is 0 Å². The molecular formula is C11H7Cl4N. The molecule has 1 aromatic heterocycles. The summed E-state index contributed by atoms with van der Waals surface area (Å²) in [5, 5.41) is 2.52. The highest BCUT2D eigenvalue weighted by Crippen LogP contribution is 2.36. The van der Waals surface area contributed by atoms with E-state index in [-0.39, 0.29) is 0 Å². The van der Waals surface area contributed by atoms with Crippen LogP contribution >= 0.6 is 46.4 Å². The van der Waals surface area contributed by atoms with Gasteiger partial charge in [-0.1, -0.05) is 53.3 Å². The van der Waals surface area contributed by atoms with Crippen molar-refractivity contribution in [3.63, 3.8) is 0 Å². The van der Waals surface area contributed by atoms with E-state index in [0.29, 0.717) is 25.7 Å². The van der Waals surface area contributed by atoms with Crippen LogP contribution in [0.4, 0.5) is 0 Å². The van der Waals surface area contributed by atoms with Gasteiger partial charge in [0.25, 0.3) is 0 Å². The zero-order valence-electron chi connectivity index (χ0n) is 8.32. The molecular weight excluding hydrogens is 288 g/mol. The van der Waals surface area contributed by atoms with E-state index in [4.69, 9.17) is 46.4 Å². The van der Waals surface area contributed by atoms with E-state index < -0.39 is 0 Å². The van der Waals surface area contributed by atoms with E-state index in [1.807, 2.05) is 13.0 Å². The first-order valence-corrected chi connectivity index (χ1v) is 6.18. The summed E-state index contributed by atoms with van der Waals surface area (Å²) in [6, 6.07) is 3.45. The Morgan fingerprint density at radius 2 is 1.75 bits per heavy atom. The number of rotatable bonds is 1. The summed E-state index contributed by atoms with van der Waals surface area (Å²) in [5.74, 6) is 0. The van der Waals surface area contributed by atoms with Crippen molar-refractivity contribution in [2.45, 2.75) is 13.3 Å². The lowest BCUT2D eigenvalue weighted by molar-refractivity contribution is 1.12. The van der Waals surface area contributed by atoms with Crippen LogP contribution in [0.3, 0.4) is 0 Å². The monoisotopic (exact) mass is 293 g/mol. The number of aryl methyl sites for hydroxylation is 1. The van der Waals surface area contributed by atoms with Gasteiger partial charge in [-0.3, -0.25) is 0 Å². The molecule has 0 aliphatic carbocycles. The summed E-state index contributed by atoms with van der Waals surface area (Å²) in [4.78, 5) is 4.24. The highest BCUT2D eigenvalue weighted by Gasteiger charge is 2.12. The topological polar surface area (TPSA) is 12.9 Å². The standard InChI is InChI=1S/C11H7Cl4N/c1-2-5-3-6-9(14)7(12)4-8(13)10(6)16-11(5)15/h3-4H,2H2,1H3. The van der Waals surface area contributed by atoms with Crippen molar-refractivity contribution < 1.29 is 0 Å². The van der Waals surface area contributed by atoms with E-state index >= 15 is 0 Å². The van der Waals surface area contributed by atoms with E-state index in [0.717, 1.165) is 17.4 Å². The number of halogens is 4. The van der Waals surface area contributed by atoms with Gasteiger partial charge >= 0.3 is 0 Å². The van der Waals surface area contributed by atoms with Gasteiger partial charge in [0.1, 0.15) is 5.15 Å². The Hall–Kier alpha value is -0.210. The zero-order valence-corrected chi connectivity index (χ0v) is 11.3. The number of aromatic nitrogens is 1. The lowest BCUT2D eigenvalue weighted by Crippen LogP contribution is -1.90. The molecule has 84 valence electrons. The van der Waals surface area contributed by atoms with Crippen molar-refractivity contribution in [3.8, 4) is 0 Å². The SMILES string of the molecule is CCc1cc2c(Cl)c(Cl)cc(Cl)c2nc1Cl. The molecule has 0 amide bonds. The first-order chi connectivity index (χ1) is 7.54. The average Bonchev–Trinajstić information content (AvgIpc) is 2.25. The van der Waals surface area contributed by atoms with Crippen molar-refractivity contribution >= 4 is 57.3 Å². The number of hydrogen-bond acceptors (Lipinski definition) is 1. The maximum Gasteiger partial charge on any atom is 0.133 e. The summed E-state index contributed by atoms with van der Waals surface area (Å²) in [7, 11) is 0. The van der Waals surface area contributed by atoms with Gasteiger partial charge in [0.05, 0.1) is 20.6 Å². The van der Waals surface area contributed by atoms with Gasteiger partial charge in [-0.2, -0.15) is 0 Å². The van der Waals surface area contributed by atoms with Crippen LogP contribution < -0.4 is 0 Å². The van der Waals surface area contributed by atoms with Gasteiger partial charge in [0.2, 0.25) is 0 Å². The van der Waals surface area contributed by atoms with E-state index in [2.05, 4.69) is 4.98 Å². The molecule has 0 spiro atoms. The molecule has 2 rings (SSSR count). The zero-order chi connectivity index (χ0) is 11.9. The fourth-order valence-electron chi connectivity index (χ4n) is 1.50. The van der Waals surface area contributed by atoms with Gasteiger partial charge in [-0.15, -0.1) is 0 Å². The average molecular weight is 295 g/mol. The highest BCUT2D eigenvalue weighted by molar-refractivity contribution is 6.47. The molecule has 0 unspecified atom stereocenters. The number of fused-ring (bicyclic) bond motifs is 1. The Balaban J connectivity index is 2.90. The Morgan fingerprint density at radius 1 is 1.06 bits per heavy atom. The number of pyridine rings is 1. The molecule has 0 bridgehead atoms. The van der Waals surface area contributed by atoms with Crippen LogP contribution in [0.5, 0.6) is 0 Å². The van der Waals surface area contributed by atoms with Crippen LogP contribution in [0.25, 0.3) is 10.9 Å². The number of benzene rings is 1. The molecule has 0 radical (unpaired) electrons. The van der Waals surface area contributed by atoms with Crippen molar-refractivity contribution in [1.29, 1.82) is 0 Å². The maximum atomic E-state index is 6.11. The van der Waals surface area contributed by atoms with Crippen LogP contribution in [0, 0.1) is 0 Å². The molecule has 1 aromatic carbocycles. The minimum Gasteiger partial charge on any atom is -0.234 e. The van der Waals surface area contributed by atoms with Crippen molar-refractivity contribution in [1.82, 2.24) is 4.98 Å². The summed E-state index contributed by atoms with van der Waals surface area (Å²) >= 11 is 24.1. The Labute approximate surface area is 113 Å². The quantitative estimate of drug-likeness (QED) is 0.506. The predicted octanol–water partition coefficient (Wildman–Crippen LogP) is 5.41. The lowest BCUT2D eigenvalue weighted by atomic mass is 10.1. The van der Waals surface area contributed by atoms with E-state index in [1.54, 1.807) is 6.07 Å². The third kappa shape index (κ3) is 1.98. The molecule has 16 heavy (non-hydrogen) atoms. The minimum atomic E-state index is 0.422. The molecule has 2 aromatic rings. The summed E-state index contributed by atoms with van der Waals surface area (Å²) in [6.07, 6.45) is 0.780. The van der Waals surface area contributed by atoms with Crippen molar-refractivity contribution in [2.24, 2.45) is 0 Å². The Bertz CT molecular complexity index is 566. The van der Waals surface area contributed by atoms with Gasteiger partial charge in [0, 0.05) is 5.39 Å². The molecule has 0 fully saturated rings. The normalized spacial score (nSPS) is 11.1. The third-order valence-corrected chi connectivity index (χ3v) is 3.77. The van der Waals surface area contributed by atoms with Crippen LogP contribution in [0.2, 0.25) is 20.2 Å².